The van der Waals surface area contributed by atoms with Gasteiger partial charge in [0.2, 0.25) is 0 Å². The molecule has 0 aliphatic heterocycles. The molecule has 38 heavy (non-hydrogen) atoms. The van der Waals surface area contributed by atoms with Crippen molar-refractivity contribution < 1.29 is 39.9 Å². The van der Waals surface area contributed by atoms with E-state index >= 15 is 0 Å². The number of carbonyl (C=O) groups is 3. The fourth-order valence-corrected chi connectivity index (χ4v) is 9.35. The van der Waals surface area contributed by atoms with Gasteiger partial charge in [0, 0.05) is 30.8 Å². The maximum Gasteiger partial charge on any atom is 0.306 e. The molecule has 0 spiro atoms. The third-order valence-electron chi connectivity index (χ3n) is 11.7. The topological polar surface area (TPSA) is 152 Å². The molecular formula is C30H46O8. The first-order valence-electron chi connectivity index (χ1n) is 14.1. The lowest BCUT2D eigenvalue weighted by molar-refractivity contribution is -0.148. The number of carboxylic acids is 1. The lowest BCUT2D eigenvalue weighted by Gasteiger charge is -2.62. The molecule has 214 valence electrons. The van der Waals surface area contributed by atoms with Crippen LogP contribution in [-0.2, 0) is 14.4 Å². The number of aliphatic carboxylic acids is 1. The summed E-state index contributed by atoms with van der Waals surface area (Å²) in [6.07, 6.45) is -1.30. The van der Waals surface area contributed by atoms with Gasteiger partial charge >= 0.3 is 5.97 Å². The number of carboxylic acid groups (broad SMARTS) is 1. The summed E-state index contributed by atoms with van der Waals surface area (Å²) in [7, 11) is 0. The van der Waals surface area contributed by atoms with Crippen LogP contribution in [0.15, 0.2) is 11.1 Å². The van der Waals surface area contributed by atoms with Crippen molar-refractivity contribution in [2.75, 3.05) is 0 Å². The van der Waals surface area contributed by atoms with Gasteiger partial charge in [0.25, 0.3) is 0 Å². The predicted octanol–water partition coefficient (Wildman–Crippen LogP) is 3.04. The molecule has 0 aromatic heterocycles. The Hall–Kier alpha value is -1.61. The van der Waals surface area contributed by atoms with E-state index in [1.165, 1.54) is 6.92 Å². The van der Waals surface area contributed by atoms with Crippen LogP contribution in [0.1, 0.15) is 93.4 Å². The Labute approximate surface area is 225 Å². The van der Waals surface area contributed by atoms with Gasteiger partial charge in [-0.15, -0.1) is 0 Å². The summed E-state index contributed by atoms with van der Waals surface area (Å²) in [4.78, 5) is 39.3. The van der Waals surface area contributed by atoms with Gasteiger partial charge in [0.05, 0.1) is 35.2 Å². The SMILES string of the molecule is CC(CC(O)CC(C)(O)C1CC(=O)C2(C)C3=C(C(=O)CC12C)C1(C)CCC(O)C(C)(C)C1CC3O)C(=O)O. The molecule has 4 aliphatic carbocycles. The first-order chi connectivity index (χ1) is 17.2. The number of hydrogen-bond donors (Lipinski definition) is 5. The molecule has 10 atom stereocenters. The molecule has 0 saturated heterocycles. The largest absolute Gasteiger partial charge is 0.481 e. The zero-order chi connectivity index (χ0) is 28.8. The Balaban J connectivity index is 1.78. The predicted molar refractivity (Wildman–Crippen MR) is 140 cm³/mol. The van der Waals surface area contributed by atoms with Gasteiger partial charge in [-0.1, -0.05) is 34.6 Å². The van der Waals surface area contributed by atoms with Crippen molar-refractivity contribution in [3.63, 3.8) is 0 Å². The van der Waals surface area contributed by atoms with Gasteiger partial charge in [-0.3, -0.25) is 14.4 Å². The molecule has 4 aliphatic rings. The standard InChI is InChI=1S/C30H46O8/c1-15(25(36)37)10-16(31)13-29(6,38)20-12-22(35)30(7)24-17(32)11-19-26(2,3)21(34)8-9-27(19,4)23(24)18(33)14-28(20,30)5/h15-17,19-21,31-32,34,38H,8-14H2,1-7H3,(H,36,37). The van der Waals surface area contributed by atoms with Crippen LogP contribution in [0.5, 0.6) is 0 Å². The number of hydrogen-bond acceptors (Lipinski definition) is 7. The van der Waals surface area contributed by atoms with Crippen LogP contribution in [0.4, 0.5) is 0 Å². The van der Waals surface area contributed by atoms with Crippen LogP contribution in [0, 0.1) is 39.4 Å². The highest BCUT2D eigenvalue weighted by Gasteiger charge is 2.71. The van der Waals surface area contributed by atoms with Crippen molar-refractivity contribution in [1.82, 2.24) is 0 Å². The molecule has 8 nitrogen and oxygen atoms in total. The van der Waals surface area contributed by atoms with E-state index in [1.807, 2.05) is 34.6 Å². The summed E-state index contributed by atoms with van der Waals surface area (Å²) < 4.78 is 0. The van der Waals surface area contributed by atoms with Crippen LogP contribution in [-0.4, -0.2) is 67.0 Å². The van der Waals surface area contributed by atoms with Crippen molar-refractivity contribution in [3.05, 3.63) is 11.1 Å². The highest BCUT2D eigenvalue weighted by molar-refractivity contribution is 6.05. The Morgan fingerprint density at radius 1 is 1.13 bits per heavy atom. The first-order valence-corrected chi connectivity index (χ1v) is 14.1. The molecule has 5 N–H and O–H groups in total. The summed E-state index contributed by atoms with van der Waals surface area (Å²) in [6, 6.07) is 0. The Kier molecular flexibility index (Phi) is 6.92. The van der Waals surface area contributed by atoms with Crippen molar-refractivity contribution in [1.29, 1.82) is 0 Å². The zero-order valence-corrected chi connectivity index (χ0v) is 23.9. The number of aliphatic hydroxyl groups excluding tert-OH is 3. The third-order valence-corrected chi connectivity index (χ3v) is 11.7. The number of Topliss-reactive ketones (excluding diaryl/α,β-unsaturated/α-hetero) is 2. The summed E-state index contributed by atoms with van der Waals surface area (Å²) in [5.41, 5.74) is -3.75. The monoisotopic (exact) mass is 534 g/mol. The number of carbonyl (C=O) groups excluding carboxylic acids is 2. The zero-order valence-electron chi connectivity index (χ0n) is 23.9. The number of allylic oxidation sites excluding steroid dienone is 1. The molecule has 0 amide bonds. The molecular weight excluding hydrogens is 488 g/mol. The highest BCUT2D eigenvalue weighted by Crippen LogP contribution is 2.71. The molecule has 0 radical (unpaired) electrons. The second kappa shape index (κ2) is 8.95. The maximum atomic E-state index is 14.1. The molecule has 10 unspecified atom stereocenters. The Morgan fingerprint density at radius 3 is 2.32 bits per heavy atom. The van der Waals surface area contributed by atoms with Crippen molar-refractivity contribution >= 4 is 17.5 Å². The lowest BCUT2D eigenvalue weighted by Crippen LogP contribution is -2.61. The lowest BCUT2D eigenvalue weighted by atomic mass is 9.42. The van der Waals surface area contributed by atoms with Crippen molar-refractivity contribution in [2.24, 2.45) is 39.4 Å². The number of aliphatic hydroxyl groups is 4. The van der Waals surface area contributed by atoms with E-state index in [9.17, 15) is 39.9 Å². The van der Waals surface area contributed by atoms with E-state index < -0.39 is 63.4 Å². The molecule has 2 fully saturated rings. The molecule has 2 saturated carbocycles. The minimum absolute atomic E-state index is 0.00232. The average molecular weight is 535 g/mol. The second-order valence-electron chi connectivity index (χ2n) is 14.4. The van der Waals surface area contributed by atoms with E-state index in [0.717, 1.165) is 0 Å². The normalized spacial score (nSPS) is 43.6. The molecule has 0 aromatic carbocycles. The van der Waals surface area contributed by atoms with Gasteiger partial charge in [-0.2, -0.15) is 0 Å². The van der Waals surface area contributed by atoms with E-state index in [-0.39, 0.29) is 43.2 Å². The number of ketones is 2. The van der Waals surface area contributed by atoms with Gasteiger partial charge in [0.15, 0.2) is 5.78 Å². The fraction of sp³-hybridized carbons (Fsp3) is 0.833. The van der Waals surface area contributed by atoms with E-state index in [4.69, 9.17) is 0 Å². The summed E-state index contributed by atoms with van der Waals surface area (Å²) in [6.45, 7) is 12.7. The van der Waals surface area contributed by atoms with Gasteiger partial charge < -0.3 is 25.5 Å². The molecule has 0 bridgehead atoms. The molecule has 4 rings (SSSR count). The fourth-order valence-electron chi connectivity index (χ4n) is 9.35. The van der Waals surface area contributed by atoms with Crippen LogP contribution < -0.4 is 0 Å². The first kappa shape index (κ1) is 29.4. The van der Waals surface area contributed by atoms with Crippen LogP contribution >= 0.6 is 0 Å². The van der Waals surface area contributed by atoms with Gasteiger partial charge in [-0.05, 0) is 67.3 Å². The Bertz CT molecular complexity index is 1070. The van der Waals surface area contributed by atoms with Crippen molar-refractivity contribution in [2.45, 2.75) is 117 Å². The maximum absolute atomic E-state index is 14.1. The average Bonchev–Trinajstić information content (AvgIpc) is 2.99. The van der Waals surface area contributed by atoms with E-state index in [0.29, 0.717) is 30.4 Å². The minimum Gasteiger partial charge on any atom is -0.481 e. The third kappa shape index (κ3) is 3.88. The van der Waals surface area contributed by atoms with Gasteiger partial charge in [-0.25, -0.2) is 0 Å². The molecule has 0 heterocycles. The smallest absolute Gasteiger partial charge is 0.306 e. The van der Waals surface area contributed by atoms with Crippen LogP contribution in [0.25, 0.3) is 0 Å². The minimum atomic E-state index is -1.54. The second-order valence-corrected chi connectivity index (χ2v) is 14.4. The summed E-state index contributed by atoms with van der Waals surface area (Å²) >= 11 is 0. The number of rotatable bonds is 6. The van der Waals surface area contributed by atoms with E-state index in [1.54, 1.807) is 6.92 Å². The summed E-state index contributed by atoms with van der Waals surface area (Å²) in [5.74, 6) is -2.87. The van der Waals surface area contributed by atoms with Crippen LogP contribution in [0.2, 0.25) is 0 Å². The van der Waals surface area contributed by atoms with Crippen LogP contribution in [0.3, 0.4) is 0 Å². The van der Waals surface area contributed by atoms with Gasteiger partial charge in [0.1, 0.15) is 5.78 Å². The summed E-state index contributed by atoms with van der Waals surface area (Å²) in [5, 5.41) is 54.0. The molecule has 8 heteroatoms. The highest BCUT2D eigenvalue weighted by atomic mass is 16.4. The molecule has 0 aromatic rings. The number of fused-ring (bicyclic) bond motifs is 4. The van der Waals surface area contributed by atoms with E-state index in [2.05, 4.69) is 0 Å². The van der Waals surface area contributed by atoms with Crippen molar-refractivity contribution in [3.8, 4) is 0 Å². The Morgan fingerprint density at radius 2 is 1.74 bits per heavy atom. The quantitative estimate of drug-likeness (QED) is 0.349.